The lowest BCUT2D eigenvalue weighted by molar-refractivity contribution is 0.476. The molecule has 0 saturated carbocycles. The Morgan fingerprint density at radius 1 is 1.18 bits per heavy atom. The quantitative estimate of drug-likeness (QED) is 0.810. The zero-order valence-corrected chi connectivity index (χ0v) is 10.3. The lowest BCUT2D eigenvalue weighted by Crippen LogP contribution is -2.28. The van der Waals surface area contributed by atoms with E-state index in [9.17, 15) is 0 Å². The molecule has 3 nitrogen and oxygen atoms in total. The Hall–Kier alpha value is -1.61. The van der Waals surface area contributed by atoms with Crippen molar-refractivity contribution in [1.29, 1.82) is 0 Å². The molecule has 1 N–H and O–H groups in total. The van der Waals surface area contributed by atoms with Crippen molar-refractivity contribution in [2.75, 3.05) is 6.54 Å². The summed E-state index contributed by atoms with van der Waals surface area (Å²) in [6, 6.07) is 8.73. The summed E-state index contributed by atoms with van der Waals surface area (Å²) >= 11 is 0. The number of rotatable bonds is 1. The van der Waals surface area contributed by atoms with Gasteiger partial charge in [0.05, 0.1) is 17.9 Å². The molecule has 3 heteroatoms. The van der Waals surface area contributed by atoms with Gasteiger partial charge in [-0.15, -0.1) is 0 Å². The first-order valence-electron chi connectivity index (χ1n) is 6.09. The molecule has 3 rings (SSSR count). The monoisotopic (exact) mass is 227 g/mol. The minimum Gasteiger partial charge on any atom is -0.309 e. The number of fused-ring (bicyclic) bond motifs is 1. The van der Waals surface area contributed by atoms with Crippen LogP contribution in [0.3, 0.4) is 0 Å². The molecule has 0 aliphatic carbocycles. The summed E-state index contributed by atoms with van der Waals surface area (Å²) in [4.78, 5) is 0. The molecule has 17 heavy (non-hydrogen) atoms. The van der Waals surface area contributed by atoms with Crippen LogP contribution in [0.2, 0.25) is 0 Å². The molecule has 0 bridgehead atoms. The third-order valence-electron chi connectivity index (χ3n) is 3.47. The summed E-state index contributed by atoms with van der Waals surface area (Å²) in [7, 11) is 0. The molecule has 88 valence electrons. The number of hydrogen-bond acceptors (Lipinski definition) is 2. The van der Waals surface area contributed by atoms with Gasteiger partial charge in [0.1, 0.15) is 0 Å². The highest BCUT2D eigenvalue weighted by atomic mass is 15.3. The molecule has 1 aliphatic heterocycles. The first-order chi connectivity index (χ1) is 8.24. The van der Waals surface area contributed by atoms with Crippen molar-refractivity contribution in [2.45, 2.75) is 26.9 Å². The standard InChI is InChI=1S/C14H17N3/c1-10-3-4-12(7-11(10)2)14-8-13-9-15-5-6-17(13)16-14/h3-4,7-8,15H,5-6,9H2,1-2H3. The van der Waals surface area contributed by atoms with Gasteiger partial charge in [0.15, 0.2) is 0 Å². The van der Waals surface area contributed by atoms with E-state index in [1.54, 1.807) is 0 Å². The molecule has 0 spiro atoms. The zero-order chi connectivity index (χ0) is 11.8. The van der Waals surface area contributed by atoms with Crippen LogP contribution in [0.5, 0.6) is 0 Å². The number of aromatic nitrogens is 2. The van der Waals surface area contributed by atoms with Gasteiger partial charge >= 0.3 is 0 Å². The maximum atomic E-state index is 4.67. The van der Waals surface area contributed by atoms with E-state index < -0.39 is 0 Å². The van der Waals surface area contributed by atoms with Gasteiger partial charge in [-0.05, 0) is 37.1 Å². The fraction of sp³-hybridized carbons (Fsp3) is 0.357. The van der Waals surface area contributed by atoms with Crippen LogP contribution >= 0.6 is 0 Å². The lowest BCUT2D eigenvalue weighted by Gasteiger charge is -2.13. The van der Waals surface area contributed by atoms with E-state index in [1.807, 2.05) is 0 Å². The largest absolute Gasteiger partial charge is 0.309 e. The second kappa shape index (κ2) is 4.00. The van der Waals surface area contributed by atoms with Crippen molar-refractivity contribution in [1.82, 2.24) is 15.1 Å². The van der Waals surface area contributed by atoms with Gasteiger partial charge in [-0.2, -0.15) is 5.10 Å². The van der Waals surface area contributed by atoms with Crippen molar-refractivity contribution in [3.8, 4) is 11.3 Å². The molecule has 0 saturated heterocycles. The molecule has 0 atom stereocenters. The van der Waals surface area contributed by atoms with Crippen molar-refractivity contribution in [2.24, 2.45) is 0 Å². The maximum Gasteiger partial charge on any atom is 0.0926 e. The second-order valence-electron chi connectivity index (χ2n) is 4.72. The van der Waals surface area contributed by atoms with Gasteiger partial charge < -0.3 is 5.32 Å². The Bertz CT molecular complexity index is 531. The molecule has 1 aliphatic rings. The molecular formula is C14H17N3. The Balaban J connectivity index is 2.03. The maximum absolute atomic E-state index is 4.67. The van der Waals surface area contributed by atoms with Gasteiger partial charge in [0, 0.05) is 18.7 Å². The van der Waals surface area contributed by atoms with Crippen molar-refractivity contribution in [3.63, 3.8) is 0 Å². The lowest BCUT2D eigenvalue weighted by atomic mass is 10.0. The van der Waals surface area contributed by atoms with Gasteiger partial charge in [-0.1, -0.05) is 12.1 Å². The minimum atomic E-state index is 0.928. The summed E-state index contributed by atoms with van der Waals surface area (Å²) in [5.41, 5.74) is 6.25. The van der Waals surface area contributed by atoms with E-state index in [0.717, 1.165) is 25.3 Å². The smallest absolute Gasteiger partial charge is 0.0926 e. The molecule has 1 aromatic heterocycles. The van der Waals surface area contributed by atoms with Crippen molar-refractivity contribution < 1.29 is 0 Å². The highest BCUT2D eigenvalue weighted by Gasteiger charge is 2.12. The third kappa shape index (κ3) is 1.87. The van der Waals surface area contributed by atoms with Gasteiger partial charge in [0.25, 0.3) is 0 Å². The number of nitrogens with one attached hydrogen (secondary N) is 1. The van der Waals surface area contributed by atoms with Crippen LogP contribution in [0.25, 0.3) is 11.3 Å². The number of hydrogen-bond donors (Lipinski definition) is 1. The summed E-state index contributed by atoms with van der Waals surface area (Å²) in [6.45, 7) is 7.21. The number of benzene rings is 1. The molecule has 2 heterocycles. The van der Waals surface area contributed by atoms with E-state index in [4.69, 9.17) is 0 Å². The van der Waals surface area contributed by atoms with Crippen LogP contribution in [-0.2, 0) is 13.1 Å². The normalized spacial score (nSPS) is 14.7. The average Bonchev–Trinajstić information content (AvgIpc) is 2.76. The third-order valence-corrected chi connectivity index (χ3v) is 3.47. The van der Waals surface area contributed by atoms with Crippen molar-refractivity contribution >= 4 is 0 Å². The first kappa shape index (κ1) is 10.5. The van der Waals surface area contributed by atoms with Gasteiger partial charge in [0.2, 0.25) is 0 Å². The van der Waals surface area contributed by atoms with E-state index in [1.165, 1.54) is 22.4 Å². The number of nitrogens with zero attached hydrogens (tertiary/aromatic N) is 2. The first-order valence-corrected chi connectivity index (χ1v) is 6.09. The van der Waals surface area contributed by atoms with Gasteiger partial charge in [-0.3, -0.25) is 4.68 Å². The average molecular weight is 227 g/mol. The molecule has 0 radical (unpaired) electrons. The predicted octanol–water partition coefficient (Wildman–Crippen LogP) is 2.27. The highest BCUT2D eigenvalue weighted by Crippen LogP contribution is 2.22. The fourth-order valence-corrected chi connectivity index (χ4v) is 2.23. The molecule has 0 fully saturated rings. The summed E-state index contributed by atoms with van der Waals surface area (Å²) in [5, 5.41) is 8.03. The predicted molar refractivity (Wildman–Crippen MR) is 68.8 cm³/mol. The Labute approximate surface area is 101 Å². The molecule has 1 aromatic carbocycles. The van der Waals surface area contributed by atoms with E-state index in [2.05, 4.69) is 53.2 Å². The molecule has 0 amide bonds. The van der Waals surface area contributed by atoms with E-state index in [0.29, 0.717) is 0 Å². The van der Waals surface area contributed by atoms with E-state index in [-0.39, 0.29) is 0 Å². The van der Waals surface area contributed by atoms with Crippen LogP contribution in [0.15, 0.2) is 24.3 Å². The van der Waals surface area contributed by atoms with Crippen molar-refractivity contribution in [3.05, 3.63) is 41.1 Å². The van der Waals surface area contributed by atoms with Crippen LogP contribution in [0.1, 0.15) is 16.8 Å². The Morgan fingerprint density at radius 2 is 2.06 bits per heavy atom. The molecule has 2 aromatic rings. The van der Waals surface area contributed by atoms with E-state index >= 15 is 0 Å². The van der Waals surface area contributed by atoms with Gasteiger partial charge in [-0.25, -0.2) is 0 Å². The SMILES string of the molecule is Cc1ccc(-c2cc3n(n2)CCNC3)cc1C. The highest BCUT2D eigenvalue weighted by molar-refractivity contribution is 5.61. The summed E-state index contributed by atoms with van der Waals surface area (Å²) in [5.74, 6) is 0. The van der Waals surface area contributed by atoms with Crippen LogP contribution in [0.4, 0.5) is 0 Å². The summed E-state index contributed by atoms with van der Waals surface area (Å²) in [6.07, 6.45) is 0. The van der Waals surface area contributed by atoms with Crippen LogP contribution in [-0.4, -0.2) is 16.3 Å². The second-order valence-corrected chi connectivity index (χ2v) is 4.72. The molecular weight excluding hydrogens is 210 g/mol. The Kier molecular flexibility index (Phi) is 2.48. The zero-order valence-electron chi connectivity index (χ0n) is 10.3. The minimum absolute atomic E-state index is 0.928. The topological polar surface area (TPSA) is 29.9 Å². The Morgan fingerprint density at radius 3 is 2.82 bits per heavy atom. The number of aryl methyl sites for hydroxylation is 2. The fourth-order valence-electron chi connectivity index (χ4n) is 2.23. The van der Waals surface area contributed by atoms with Crippen LogP contribution in [0, 0.1) is 13.8 Å². The van der Waals surface area contributed by atoms with Crippen LogP contribution < -0.4 is 5.32 Å². The summed E-state index contributed by atoms with van der Waals surface area (Å²) < 4.78 is 2.11. The molecule has 0 unspecified atom stereocenters.